The number of aromatic nitrogens is 1. The van der Waals surface area contributed by atoms with Gasteiger partial charge >= 0.3 is 6.03 Å². The summed E-state index contributed by atoms with van der Waals surface area (Å²) in [5, 5.41) is 7.51. The number of hydrogen-bond acceptors (Lipinski definition) is 2. The van der Waals surface area contributed by atoms with Gasteiger partial charge in [0.2, 0.25) is 0 Å². The third-order valence-electron chi connectivity index (χ3n) is 6.85. The molecule has 158 valence electrons. The normalized spacial score (nSPS) is 19.5. The zero-order valence-corrected chi connectivity index (χ0v) is 17.8. The van der Waals surface area contributed by atoms with Gasteiger partial charge in [0, 0.05) is 48.8 Å². The maximum Gasteiger partial charge on any atom is 0.315 e. The Balaban J connectivity index is 1.16. The van der Waals surface area contributed by atoms with Crippen LogP contribution < -0.4 is 10.6 Å². The standard InChI is InChI=1S/C24H36N4O/c1-18-21(22-9-5-6-10-23(22)26-18)11-14-25-24(29)27-20-12-15-28(16-13-20)17-19-7-3-2-4-8-19/h5-6,9-10,19-20,26H,2-4,7-8,11-17H2,1H3,(H2,25,27,29). The van der Waals surface area contributed by atoms with Crippen molar-refractivity contribution in [1.82, 2.24) is 20.5 Å². The number of likely N-dealkylation sites (tertiary alicyclic amines) is 1. The van der Waals surface area contributed by atoms with Gasteiger partial charge in [-0.25, -0.2) is 4.79 Å². The molecule has 0 radical (unpaired) electrons. The number of benzene rings is 1. The number of aryl methyl sites for hydroxylation is 1. The van der Waals surface area contributed by atoms with Crippen molar-refractivity contribution < 1.29 is 4.79 Å². The summed E-state index contributed by atoms with van der Waals surface area (Å²) >= 11 is 0. The minimum absolute atomic E-state index is 0.0202. The van der Waals surface area contributed by atoms with E-state index >= 15 is 0 Å². The number of rotatable bonds is 6. The summed E-state index contributed by atoms with van der Waals surface area (Å²) in [4.78, 5) is 18.4. The van der Waals surface area contributed by atoms with E-state index in [-0.39, 0.29) is 6.03 Å². The maximum atomic E-state index is 12.3. The largest absolute Gasteiger partial charge is 0.358 e. The highest BCUT2D eigenvalue weighted by Crippen LogP contribution is 2.25. The molecule has 1 aliphatic heterocycles. The van der Waals surface area contributed by atoms with Crippen LogP contribution in [-0.2, 0) is 6.42 Å². The zero-order valence-electron chi connectivity index (χ0n) is 17.8. The van der Waals surface area contributed by atoms with Crippen LogP contribution in [0.15, 0.2) is 24.3 Å². The van der Waals surface area contributed by atoms with E-state index in [9.17, 15) is 4.79 Å². The van der Waals surface area contributed by atoms with Gasteiger partial charge in [-0.3, -0.25) is 0 Å². The number of urea groups is 1. The first kappa shape index (κ1) is 20.3. The van der Waals surface area contributed by atoms with Crippen molar-refractivity contribution in [2.75, 3.05) is 26.2 Å². The number of para-hydroxylation sites is 1. The minimum atomic E-state index is -0.0202. The molecule has 3 N–H and O–H groups in total. The molecule has 1 saturated heterocycles. The monoisotopic (exact) mass is 396 g/mol. The minimum Gasteiger partial charge on any atom is -0.358 e. The molecule has 0 atom stereocenters. The van der Waals surface area contributed by atoms with Crippen molar-refractivity contribution in [3.63, 3.8) is 0 Å². The number of hydrogen-bond donors (Lipinski definition) is 3. The molecule has 2 amide bonds. The van der Waals surface area contributed by atoms with Crippen LogP contribution in [0.2, 0.25) is 0 Å². The van der Waals surface area contributed by atoms with E-state index in [1.807, 2.05) is 6.07 Å². The lowest BCUT2D eigenvalue weighted by Crippen LogP contribution is -2.48. The van der Waals surface area contributed by atoms with Gasteiger partial charge in [0.05, 0.1) is 0 Å². The Kier molecular flexibility index (Phi) is 6.75. The van der Waals surface area contributed by atoms with Gasteiger partial charge in [-0.1, -0.05) is 37.5 Å². The van der Waals surface area contributed by atoms with E-state index in [1.54, 1.807) is 0 Å². The van der Waals surface area contributed by atoms with Crippen LogP contribution >= 0.6 is 0 Å². The summed E-state index contributed by atoms with van der Waals surface area (Å²) in [7, 11) is 0. The van der Waals surface area contributed by atoms with Crippen LogP contribution in [0.25, 0.3) is 10.9 Å². The molecule has 1 aromatic carbocycles. The molecule has 2 fully saturated rings. The molecule has 5 nitrogen and oxygen atoms in total. The highest BCUT2D eigenvalue weighted by molar-refractivity contribution is 5.84. The smallest absolute Gasteiger partial charge is 0.315 e. The molecule has 0 unspecified atom stereocenters. The number of carbonyl (C=O) groups excluding carboxylic acids is 1. The average molecular weight is 397 g/mol. The molecule has 2 aromatic rings. The second-order valence-electron chi connectivity index (χ2n) is 9.00. The summed E-state index contributed by atoms with van der Waals surface area (Å²) < 4.78 is 0. The highest BCUT2D eigenvalue weighted by atomic mass is 16.2. The Morgan fingerprint density at radius 2 is 1.86 bits per heavy atom. The van der Waals surface area contributed by atoms with E-state index in [1.165, 1.54) is 60.8 Å². The third kappa shape index (κ3) is 5.33. The predicted octanol–water partition coefficient (Wildman–Crippen LogP) is 4.36. The fraction of sp³-hybridized carbons (Fsp3) is 0.625. The zero-order chi connectivity index (χ0) is 20.1. The van der Waals surface area contributed by atoms with E-state index in [0.29, 0.717) is 12.6 Å². The van der Waals surface area contributed by atoms with Crippen LogP contribution in [0.5, 0.6) is 0 Å². The van der Waals surface area contributed by atoms with Gasteiger partial charge < -0.3 is 20.5 Å². The molecule has 0 spiro atoms. The summed E-state index contributed by atoms with van der Waals surface area (Å²) in [5.41, 5.74) is 3.67. The number of aromatic amines is 1. The van der Waals surface area contributed by atoms with Crippen LogP contribution in [-0.4, -0.2) is 48.1 Å². The first-order valence-corrected chi connectivity index (χ1v) is 11.5. The SMILES string of the molecule is Cc1[nH]c2ccccc2c1CCNC(=O)NC1CCN(CC2CCCCC2)CC1. The Morgan fingerprint density at radius 1 is 1.10 bits per heavy atom. The first-order chi connectivity index (χ1) is 14.2. The van der Waals surface area contributed by atoms with Crippen LogP contribution in [0.1, 0.15) is 56.2 Å². The topological polar surface area (TPSA) is 60.2 Å². The summed E-state index contributed by atoms with van der Waals surface area (Å²) in [6.45, 7) is 6.28. The number of carbonyl (C=O) groups is 1. The molecule has 2 aliphatic rings. The molecule has 29 heavy (non-hydrogen) atoms. The first-order valence-electron chi connectivity index (χ1n) is 11.5. The molecule has 5 heteroatoms. The second kappa shape index (κ2) is 9.66. The number of fused-ring (bicyclic) bond motifs is 1. The van der Waals surface area contributed by atoms with Crippen LogP contribution in [0.4, 0.5) is 4.79 Å². The van der Waals surface area contributed by atoms with Crippen molar-refractivity contribution in [2.24, 2.45) is 5.92 Å². The van der Waals surface area contributed by atoms with Crippen molar-refractivity contribution in [2.45, 2.75) is 64.3 Å². The molecular formula is C24H36N4O. The molecule has 1 aliphatic carbocycles. The molecule has 0 bridgehead atoms. The van der Waals surface area contributed by atoms with Gasteiger partial charge in [-0.15, -0.1) is 0 Å². The number of amides is 2. The van der Waals surface area contributed by atoms with E-state index in [4.69, 9.17) is 0 Å². The highest BCUT2D eigenvalue weighted by Gasteiger charge is 2.23. The van der Waals surface area contributed by atoms with Crippen molar-refractivity contribution >= 4 is 16.9 Å². The van der Waals surface area contributed by atoms with Gasteiger partial charge in [0.25, 0.3) is 0 Å². The lowest BCUT2D eigenvalue weighted by molar-refractivity contribution is 0.155. The Labute approximate surface area is 174 Å². The maximum absolute atomic E-state index is 12.3. The lowest BCUT2D eigenvalue weighted by atomic mass is 9.88. The lowest BCUT2D eigenvalue weighted by Gasteiger charge is -2.35. The summed E-state index contributed by atoms with van der Waals surface area (Å²) in [6, 6.07) is 8.66. The second-order valence-corrected chi connectivity index (χ2v) is 9.00. The number of nitrogens with zero attached hydrogens (tertiary/aromatic N) is 1. The van der Waals surface area contributed by atoms with Crippen LogP contribution in [0.3, 0.4) is 0 Å². The number of nitrogens with one attached hydrogen (secondary N) is 3. The van der Waals surface area contributed by atoms with Gasteiger partial charge in [-0.2, -0.15) is 0 Å². The fourth-order valence-corrected chi connectivity index (χ4v) is 5.19. The van der Waals surface area contributed by atoms with Gasteiger partial charge in [0.15, 0.2) is 0 Å². The molecule has 1 aromatic heterocycles. The van der Waals surface area contributed by atoms with Crippen LogP contribution in [0, 0.1) is 12.8 Å². The summed E-state index contributed by atoms with van der Waals surface area (Å²) in [5.74, 6) is 0.907. The van der Waals surface area contributed by atoms with E-state index in [2.05, 4.69) is 45.6 Å². The predicted molar refractivity (Wildman–Crippen MR) is 119 cm³/mol. The van der Waals surface area contributed by atoms with E-state index < -0.39 is 0 Å². The quantitative estimate of drug-likeness (QED) is 0.679. The molecule has 2 heterocycles. The molecular weight excluding hydrogens is 360 g/mol. The van der Waals surface area contributed by atoms with Crippen molar-refractivity contribution in [3.05, 3.63) is 35.5 Å². The number of H-pyrrole nitrogens is 1. The fourth-order valence-electron chi connectivity index (χ4n) is 5.19. The average Bonchev–Trinajstić information content (AvgIpc) is 3.06. The molecule has 1 saturated carbocycles. The Morgan fingerprint density at radius 3 is 2.66 bits per heavy atom. The van der Waals surface area contributed by atoms with Crippen molar-refractivity contribution in [3.8, 4) is 0 Å². The molecule has 4 rings (SSSR count). The number of piperidine rings is 1. The summed E-state index contributed by atoms with van der Waals surface area (Å²) in [6.07, 6.45) is 10.1. The van der Waals surface area contributed by atoms with Gasteiger partial charge in [-0.05, 0) is 56.6 Å². The van der Waals surface area contributed by atoms with Gasteiger partial charge in [0.1, 0.15) is 0 Å². The Bertz CT molecular complexity index is 800. The van der Waals surface area contributed by atoms with Crippen molar-refractivity contribution in [1.29, 1.82) is 0 Å². The third-order valence-corrected chi connectivity index (χ3v) is 6.85. The van der Waals surface area contributed by atoms with E-state index in [0.717, 1.165) is 38.3 Å². The Hall–Kier alpha value is -2.01.